The lowest BCUT2D eigenvalue weighted by Crippen LogP contribution is -2.31. The number of aromatic nitrogens is 2. The second kappa shape index (κ2) is 5.28. The minimum absolute atomic E-state index is 0.343. The monoisotopic (exact) mass is 300 g/mol. The zero-order valence-electron chi connectivity index (χ0n) is 11.8. The van der Waals surface area contributed by atoms with Gasteiger partial charge in [0.15, 0.2) is 0 Å². The van der Waals surface area contributed by atoms with E-state index >= 15 is 0 Å². The fraction of sp³-hybridized carbons (Fsp3) is 0.375. The van der Waals surface area contributed by atoms with Gasteiger partial charge >= 0.3 is 0 Å². The Bertz CT molecular complexity index is 686. The summed E-state index contributed by atoms with van der Waals surface area (Å²) in [4.78, 5) is 11.3. The van der Waals surface area contributed by atoms with Crippen molar-refractivity contribution >= 4 is 23.1 Å². The Morgan fingerprint density at radius 1 is 1.14 bits per heavy atom. The number of nitrogens with zero attached hydrogens (tertiary/aromatic N) is 3. The molecule has 0 amide bonds. The Balaban J connectivity index is 1.86. The predicted molar refractivity (Wildman–Crippen MR) is 84.2 cm³/mol. The Kier molecular flexibility index (Phi) is 3.28. The van der Waals surface area contributed by atoms with Crippen LogP contribution in [0, 0.1) is 0 Å². The van der Waals surface area contributed by atoms with Crippen molar-refractivity contribution in [3.05, 3.63) is 46.4 Å². The van der Waals surface area contributed by atoms with Crippen molar-refractivity contribution in [2.45, 2.75) is 25.8 Å². The van der Waals surface area contributed by atoms with Crippen LogP contribution in [0.15, 0.2) is 24.3 Å². The summed E-state index contributed by atoms with van der Waals surface area (Å²) in [5, 5.41) is 3.69. The average molecular weight is 301 g/mol. The second-order valence-electron chi connectivity index (χ2n) is 5.55. The van der Waals surface area contributed by atoms with E-state index < -0.39 is 0 Å². The minimum Gasteiger partial charge on any atom is -0.326 e. The van der Waals surface area contributed by atoms with Crippen molar-refractivity contribution in [2.24, 2.45) is 0 Å². The quantitative estimate of drug-likeness (QED) is 0.822. The summed E-state index contributed by atoms with van der Waals surface area (Å²) < 4.78 is 0. The standard InChI is InChI=1S/C16H17ClN4/c17-16-19-13-10-18-8-7-12(13)15(20-16)21-9-3-5-11-4-1-2-6-14(11)21/h1-2,4,6,18H,3,5,7-10H2. The molecule has 2 aliphatic rings. The lowest BCUT2D eigenvalue weighted by atomic mass is 10.00. The summed E-state index contributed by atoms with van der Waals surface area (Å²) in [7, 11) is 0. The average Bonchev–Trinajstić information content (AvgIpc) is 2.53. The van der Waals surface area contributed by atoms with Crippen LogP contribution in [0.3, 0.4) is 0 Å². The summed E-state index contributed by atoms with van der Waals surface area (Å²) >= 11 is 6.15. The third-order valence-electron chi connectivity index (χ3n) is 4.25. The summed E-state index contributed by atoms with van der Waals surface area (Å²) in [5.41, 5.74) is 4.94. The highest BCUT2D eigenvalue weighted by Crippen LogP contribution is 2.35. The van der Waals surface area contributed by atoms with E-state index in [2.05, 4.69) is 44.5 Å². The second-order valence-corrected chi connectivity index (χ2v) is 5.89. The molecule has 1 aromatic carbocycles. The van der Waals surface area contributed by atoms with Gasteiger partial charge < -0.3 is 10.2 Å². The van der Waals surface area contributed by atoms with Crippen molar-refractivity contribution in [1.29, 1.82) is 0 Å². The zero-order chi connectivity index (χ0) is 14.2. The molecule has 2 aromatic rings. The molecule has 4 nitrogen and oxygen atoms in total. The molecule has 3 heterocycles. The Morgan fingerprint density at radius 3 is 3.00 bits per heavy atom. The van der Waals surface area contributed by atoms with Gasteiger partial charge in [-0.05, 0) is 49.0 Å². The molecule has 1 aromatic heterocycles. The van der Waals surface area contributed by atoms with E-state index in [9.17, 15) is 0 Å². The van der Waals surface area contributed by atoms with Gasteiger partial charge in [0.2, 0.25) is 5.28 Å². The number of hydrogen-bond acceptors (Lipinski definition) is 4. The molecule has 0 radical (unpaired) electrons. The molecular formula is C16H17ClN4. The van der Waals surface area contributed by atoms with Gasteiger partial charge in [0.1, 0.15) is 5.82 Å². The maximum absolute atomic E-state index is 6.15. The van der Waals surface area contributed by atoms with Gasteiger partial charge in [0.05, 0.1) is 5.69 Å². The number of anilines is 2. The van der Waals surface area contributed by atoms with Gasteiger partial charge in [0, 0.05) is 24.3 Å². The van der Waals surface area contributed by atoms with Crippen LogP contribution in [-0.4, -0.2) is 23.1 Å². The van der Waals surface area contributed by atoms with Crippen molar-refractivity contribution in [1.82, 2.24) is 15.3 Å². The summed E-state index contributed by atoms with van der Waals surface area (Å²) in [6.45, 7) is 2.74. The molecule has 0 unspecified atom stereocenters. The van der Waals surface area contributed by atoms with E-state index in [0.717, 1.165) is 50.4 Å². The zero-order valence-corrected chi connectivity index (χ0v) is 12.5. The largest absolute Gasteiger partial charge is 0.326 e. The van der Waals surface area contributed by atoms with Gasteiger partial charge in [-0.15, -0.1) is 0 Å². The van der Waals surface area contributed by atoms with Gasteiger partial charge in [-0.2, -0.15) is 4.98 Å². The van der Waals surface area contributed by atoms with Crippen molar-refractivity contribution in [2.75, 3.05) is 18.0 Å². The topological polar surface area (TPSA) is 41.1 Å². The molecular weight excluding hydrogens is 284 g/mol. The number of halogens is 1. The SMILES string of the molecule is Clc1nc2c(c(N3CCCc4ccccc43)n1)CCNC2. The molecule has 0 saturated heterocycles. The van der Waals surface area contributed by atoms with Crippen molar-refractivity contribution < 1.29 is 0 Å². The number of nitrogens with one attached hydrogen (secondary N) is 1. The molecule has 1 N–H and O–H groups in total. The van der Waals surface area contributed by atoms with Crippen LogP contribution in [0.5, 0.6) is 0 Å². The van der Waals surface area contributed by atoms with E-state index in [1.807, 2.05) is 0 Å². The highest BCUT2D eigenvalue weighted by molar-refractivity contribution is 6.28. The number of aryl methyl sites for hydroxylation is 1. The molecule has 0 spiro atoms. The Hall–Kier alpha value is -1.65. The normalized spacial score (nSPS) is 17.3. The van der Waals surface area contributed by atoms with Crippen LogP contribution in [0.1, 0.15) is 23.2 Å². The first kappa shape index (κ1) is 13.0. The highest BCUT2D eigenvalue weighted by atomic mass is 35.5. The minimum atomic E-state index is 0.343. The molecule has 2 aliphatic heterocycles. The molecule has 108 valence electrons. The van der Waals surface area contributed by atoms with Crippen LogP contribution in [-0.2, 0) is 19.4 Å². The Labute approximate surface area is 129 Å². The first-order valence-electron chi connectivity index (χ1n) is 7.44. The smallest absolute Gasteiger partial charge is 0.224 e. The van der Waals surface area contributed by atoms with E-state index in [4.69, 9.17) is 11.6 Å². The molecule has 0 aliphatic carbocycles. The van der Waals surface area contributed by atoms with Gasteiger partial charge in [-0.1, -0.05) is 18.2 Å². The van der Waals surface area contributed by atoms with Crippen LogP contribution in [0.25, 0.3) is 0 Å². The van der Waals surface area contributed by atoms with Crippen LogP contribution < -0.4 is 10.2 Å². The van der Waals surface area contributed by atoms with Crippen molar-refractivity contribution in [3.8, 4) is 0 Å². The maximum Gasteiger partial charge on any atom is 0.224 e. The number of hydrogen-bond donors (Lipinski definition) is 1. The number of fused-ring (bicyclic) bond motifs is 2. The molecule has 5 heteroatoms. The van der Waals surface area contributed by atoms with E-state index in [-0.39, 0.29) is 0 Å². The first-order valence-corrected chi connectivity index (χ1v) is 7.82. The number of benzene rings is 1. The van der Waals surface area contributed by atoms with Gasteiger partial charge in [0.25, 0.3) is 0 Å². The predicted octanol–water partition coefficient (Wildman–Crippen LogP) is 2.86. The van der Waals surface area contributed by atoms with E-state index in [1.54, 1.807) is 0 Å². The van der Waals surface area contributed by atoms with Crippen molar-refractivity contribution in [3.63, 3.8) is 0 Å². The lowest BCUT2D eigenvalue weighted by Gasteiger charge is -2.33. The third kappa shape index (κ3) is 2.28. The molecule has 0 fully saturated rings. The van der Waals surface area contributed by atoms with E-state index in [0.29, 0.717) is 5.28 Å². The fourth-order valence-corrected chi connectivity index (χ4v) is 3.47. The molecule has 0 atom stereocenters. The lowest BCUT2D eigenvalue weighted by molar-refractivity contribution is 0.620. The van der Waals surface area contributed by atoms with Crippen LogP contribution in [0.2, 0.25) is 5.28 Å². The first-order chi connectivity index (χ1) is 10.3. The Morgan fingerprint density at radius 2 is 2.05 bits per heavy atom. The fourth-order valence-electron chi connectivity index (χ4n) is 3.29. The molecule has 4 rings (SSSR count). The summed E-state index contributed by atoms with van der Waals surface area (Å²) in [6.07, 6.45) is 3.24. The maximum atomic E-state index is 6.15. The molecule has 0 saturated carbocycles. The number of rotatable bonds is 1. The summed E-state index contributed by atoms with van der Waals surface area (Å²) in [5.74, 6) is 0.999. The molecule has 0 bridgehead atoms. The van der Waals surface area contributed by atoms with E-state index in [1.165, 1.54) is 16.8 Å². The van der Waals surface area contributed by atoms with Crippen LogP contribution in [0.4, 0.5) is 11.5 Å². The third-order valence-corrected chi connectivity index (χ3v) is 4.42. The van der Waals surface area contributed by atoms with Gasteiger partial charge in [-0.25, -0.2) is 4.98 Å². The molecule has 21 heavy (non-hydrogen) atoms. The highest BCUT2D eigenvalue weighted by Gasteiger charge is 2.25. The van der Waals surface area contributed by atoms with Crippen LogP contribution >= 0.6 is 11.6 Å². The number of para-hydroxylation sites is 1. The van der Waals surface area contributed by atoms with Gasteiger partial charge in [-0.3, -0.25) is 0 Å². The summed E-state index contributed by atoms with van der Waals surface area (Å²) in [6, 6.07) is 8.58.